The van der Waals surface area contributed by atoms with Crippen LogP contribution in [0.15, 0.2) is 47.4 Å². The zero-order chi connectivity index (χ0) is 17.9. The van der Waals surface area contributed by atoms with E-state index in [9.17, 15) is 17.6 Å². The summed E-state index contributed by atoms with van der Waals surface area (Å²) in [5, 5.41) is 0. The van der Waals surface area contributed by atoms with E-state index >= 15 is 0 Å². The first kappa shape index (κ1) is 17.9. The molecule has 0 bridgehead atoms. The lowest BCUT2D eigenvalue weighted by Crippen LogP contribution is -2.43. The van der Waals surface area contributed by atoms with Crippen molar-refractivity contribution in [2.45, 2.75) is 18.7 Å². The number of rotatable bonds is 5. The van der Waals surface area contributed by atoms with Crippen molar-refractivity contribution in [3.8, 4) is 0 Å². The summed E-state index contributed by atoms with van der Waals surface area (Å²) in [6, 6.07) is 9.56. The second-order valence-corrected chi connectivity index (χ2v) is 7.11. The largest absolute Gasteiger partial charge is 0.293 e. The molecular formula is C16H18FN3O3S. The predicted molar refractivity (Wildman–Crippen MR) is 89.2 cm³/mol. The summed E-state index contributed by atoms with van der Waals surface area (Å²) in [6.07, 6.45) is 0. The third-order valence-corrected chi connectivity index (χ3v) is 5.47. The molecule has 0 heterocycles. The SMILES string of the molecule is Cc1cccc(N(CC(=O)NN)S(=O)(=O)c2ccc(F)cc2)c1C. The van der Waals surface area contributed by atoms with Gasteiger partial charge in [0.1, 0.15) is 12.4 Å². The second kappa shape index (κ2) is 6.98. The van der Waals surface area contributed by atoms with Crippen LogP contribution in [0.5, 0.6) is 0 Å². The molecule has 0 spiro atoms. The predicted octanol–water partition coefficient (Wildman–Crippen LogP) is 1.63. The van der Waals surface area contributed by atoms with Crippen LogP contribution in [0.4, 0.5) is 10.1 Å². The van der Waals surface area contributed by atoms with Crippen molar-refractivity contribution in [1.82, 2.24) is 5.43 Å². The van der Waals surface area contributed by atoms with Crippen LogP contribution in [0, 0.1) is 19.7 Å². The van der Waals surface area contributed by atoms with Gasteiger partial charge in [-0.2, -0.15) is 0 Å². The molecule has 0 aliphatic carbocycles. The van der Waals surface area contributed by atoms with Crippen LogP contribution in [0.2, 0.25) is 0 Å². The van der Waals surface area contributed by atoms with Gasteiger partial charge in [0.15, 0.2) is 0 Å². The lowest BCUT2D eigenvalue weighted by atomic mass is 10.1. The van der Waals surface area contributed by atoms with E-state index in [0.29, 0.717) is 11.3 Å². The topological polar surface area (TPSA) is 92.5 Å². The summed E-state index contributed by atoms with van der Waals surface area (Å²) in [5.41, 5.74) is 3.88. The number of hydrogen-bond donors (Lipinski definition) is 2. The summed E-state index contributed by atoms with van der Waals surface area (Å²) in [7, 11) is -4.07. The molecule has 3 N–H and O–H groups in total. The molecule has 0 fully saturated rings. The molecule has 2 rings (SSSR count). The molecule has 1 amide bonds. The molecule has 128 valence electrons. The van der Waals surface area contributed by atoms with Crippen molar-refractivity contribution in [3.05, 3.63) is 59.4 Å². The van der Waals surface area contributed by atoms with E-state index in [4.69, 9.17) is 5.84 Å². The normalized spacial score (nSPS) is 11.2. The average molecular weight is 351 g/mol. The van der Waals surface area contributed by atoms with Gasteiger partial charge in [-0.25, -0.2) is 18.7 Å². The molecule has 6 nitrogen and oxygen atoms in total. The maximum atomic E-state index is 13.1. The van der Waals surface area contributed by atoms with Crippen LogP contribution in [-0.2, 0) is 14.8 Å². The van der Waals surface area contributed by atoms with Gasteiger partial charge in [-0.3, -0.25) is 14.5 Å². The third-order valence-electron chi connectivity index (χ3n) is 3.69. The monoisotopic (exact) mass is 351 g/mol. The van der Waals surface area contributed by atoms with Crippen molar-refractivity contribution < 1.29 is 17.6 Å². The number of carbonyl (C=O) groups is 1. The van der Waals surface area contributed by atoms with Gasteiger partial charge in [0.25, 0.3) is 15.9 Å². The molecule has 0 aliphatic rings. The van der Waals surface area contributed by atoms with Gasteiger partial charge in [0.05, 0.1) is 10.6 Å². The smallest absolute Gasteiger partial charge is 0.264 e. The number of sulfonamides is 1. The molecule has 0 aliphatic heterocycles. The number of benzene rings is 2. The Kier molecular flexibility index (Phi) is 5.20. The van der Waals surface area contributed by atoms with E-state index in [1.807, 2.05) is 18.4 Å². The number of carbonyl (C=O) groups excluding carboxylic acids is 1. The Balaban J connectivity index is 2.59. The summed E-state index contributed by atoms with van der Waals surface area (Å²) in [6.45, 7) is 3.11. The summed E-state index contributed by atoms with van der Waals surface area (Å²) in [4.78, 5) is 11.6. The van der Waals surface area contributed by atoms with Gasteiger partial charge in [-0.05, 0) is 55.3 Å². The van der Waals surface area contributed by atoms with E-state index in [1.165, 1.54) is 0 Å². The zero-order valence-corrected chi connectivity index (χ0v) is 14.1. The minimum atomic E-state index is -4.07. The van der Waals surface area contributed by atoms with Gasteiger partial charge in [-0.15, -0.1) is 0 Å². The van der Waals surface area contributed by atoms with E-state index in [-0.39, 0.29) is 4.90 Å². The summed E-state index contributed by atoms with van der Waals surface area (Å²) >= 11 is 0. The van der Waals surface area contributed by atoms with Crippen LogP contribution in [0.25, 0.3) is 0 Å². The first-order chi connectivity index (χ1) is 11.3. The number of nitrogens with two attached hydrogens (primary N) is 1. The molecule has 2 aromatic carbocycles. The zero-order valence-electron chi connectivity index (χ0n) is 13.3. The van der Waals surface area contributed by atoms with Crippen LogP contribution < -0.4 is 15.6 Å². The van der Waals surface area contributed by atoms with E-state index < -0.39 is 28.3 Å². The molecule has 2 aromatic rings. The Bertz CT molecular complexity index is 851. The lowest BCUT2D eigenvalue weighted by Gasteiger charge is -2.26. The Labute approximate surface area is 140 Å². The van der Waals surface area contributed by atoms with E-state index in [2.05, 4.69) is 0 Å². The van der Waals surface area contributed by atoms with Gasteiger partial charge in [-0.1, -0.05) is 12.1 Å². The van der Waals surface area contributed by atoms with Crippen molar-refractivity contribution in [2.24, 2.45) is 5.84 Å². The average Bonchev–Trinajstić information content (AvgIpc) is 2.55. The number of hydrazine groups is 1. The molecule has 0 saturated carbocycles. The van der Waals surface area contributed by atoms with E-state index in [1.54, 1.807) is 19.1 Å². The molecule has 0 saturated heterocycles. The summed E-state index contributed by atoms with van der Waals surface area (Å²) < 4.78 is 39.9. The maximum Gasteiger partial charge on any atom is 0.264 e. The minimum absolute atomic E-state index is 0.116. The standard InChI is InChI=1S/C16H18FN3O3S/c1-11-4-3-5-15(12(11)2)20(10-16(21)19-18)24(22,23)14-8-6-13(17)7-9-14/h3-9H,10,18H2,1-2H3,(H,19,21). The fourth-order valence-corrected chi connectivity index (χ4v) is 3.69. The minimum Gasteiger partial charge on any atom is -0.293 e. The molecule has 0 radical (unpaired) electrons. The van der Waals surface area contributed by atoms with Crippen LogP contribution in [0.1, 0.15) is 11.1 Å². The number of aryl methyl sites for hydroxylation is 1. The highest BCUT2D eigenvalue weighted by atomic mass is 32.2. The molecular weight excluding hydrogens is 333 g/mol. The van der Waals surface area contributed by atoms with Gasteiger partial charge < -0.3 is 0 Å². The number of anilines is 1. The van der Waals surface area contributed by atoms with Crippen LogP contribution in [0.3, 0.4) is 0 Å². The quantitative estimate of drug-likeness (QED) is 0.486. The number of nitrogens with zero attached hydrogens (tertiary/aromatic N) is 1. The highest BCUT2D eigenvalue weighted by molar-refractivity contribution is 7.92. The molecule has 0 atom stereocenters. The first-order valence-electron chi connectivity index (χ1n) is 7.11. The highest BCUT2D eigenvalue weighted by Crippen LogP contribution is 2.28. The van der Waals surface area contributed by atoms with Crippen molar-refractivity contribution in [1.29, 1.82) is 0 Å². The number of amides is 1. The Morgan fingerprint density at radius 2 is 1.79 bits per heavy atom. The number of halogens is 1. The van der Waals surface area contributed by atoms with Crippen LogP contribution in [-0.4, -0.2) is 20.9 Å². The molecule has 24 heavy (non-hydrogen) atoms. The first-order valence-corrected chi connectivity index (χ1v) is 8.55. The van der Waals surface area contributed by atoms with Gasteiger partial charge >= 0.3 is 0 Å². The fourth-order valence-electron chi connectivity index (χ4n) is 2.22. The van der Waals surface area contributed by atoms with E-state index in [0.717, 1.165) is 34.1 Å². The second-order valence-electron chi connectivity index (χ2n) is 5.25. The highest BCUT2D eigenvalue weighted by Gasteiger charge is 2.28. The molecule has 0 unspecified atom stereocenters. The van der Waals surface area contributed by atoms with Crippen molar-refractivity contribution in [3.63, 3.8) is 0 Å². The van der Waals surface area contributed by atoms with Gasteiger partial charge in [0.2, 0.25) is 0 Å². The fraction of sp³-hybridized carbons (Fsp3) is 0.188. The van der Waals surface area contributed by atoms with Crippen LogP contribution >= 0.6 is 0 Å². The summed E-state index contributed by atoms with van der Waals surface area (Å²) in [5.74, 6) is 3.88. The van der Waals surface area contributed by atoms with Crippen molar-refractivity contribution >= 4 is 21.6 Å². The number of hydrogen-bond acceptors (Lipinski definition) is 4. The molecule has 8 heteroatoms. The van der Waals surface area contributed by atoms with Gasteiger partial charge in [0, 0.05) is 0 Å². The Hall–Kier alpha value is -2.45. The molecule has 0 aromatic heterocycles. The number of nitrogens with one attached hydrogen (secondary N) is 1. The van der Waals surface area contributed by atoms with Crippen molar-refractivity contribution in [2.75, 3.05) is 10.8 Å². The Morgan fingerprint density at radius 1 is 1.17 bits per heavy atom. The third kappa shape index (κ3) is 3.55. The lowest BCUT2D eigenvalue weighted by molar-refractivity contribution is -0.119. The maximum absolute atomic E-state index is 13.1. The Morgan fingerprint density at radius 3 is 2.38 bits per heavy atom.